The smallest absolute Gasteiger partial charge is 0.491 e. The van der Waals surface area contributed by atoms with Gasteiger partial charge >= 0.3 is 6.36 Å². The van der Waals surface area contributed by atoms with E-state index in [1.165, 1.54) is 24.3 Å². The van der Waals surface area contributed by atoms with Crippen LogP contribution in [0.1, 0.15) is 19.4 Å². The number of halogens is 3. The lowest BCUT2D eigenvalue weighted by atomic mass is 10.2. The molecule has 0 radical (unpaired) electrons. The van der Waals surface area contributed by atoms with Crippen molar-refractivity contribution in [3.05, 3.63) is 54.1 Å². The maximum atomic E-state index is 12.1. The minimum absolute atomic E-state index is 0.103. The Morgan fingerprint density at radius 1 is 1.04 bits per heavy atom. The van der Waals surface area contributed by atoms with Crippen LogP contribution in [-0.4, -0.2) is 18.4 Å². The van der Waals surface area contributed by atoms with Crippen molar-refractivity contribution >= 4 is 11.6 Å². The molecule has 0 spiro atoms. The Morgan fingerprint density at radius 3 is 2.15 bits per heavy atom. The third-order valence-corrected chi connectivity index (χ3v) is 3.09. The quantitative estimate of drug-likeness (QED) is 0.590. The first kappa shape index (κ1) is 19.4. The molecule has 0 aromatic heterocycles. The Labute approximate surface area is 149 Å². The number of guanidine groups is 1. The molecule has 3 N–H and O–H groups in total. The Bertz CT molecular complexity index is 727. The van der Waals surface area contributed by atoms with Gasteiger partial charge < -0.3 is 20.5 Å². The number of hydrogen-bond acceptors (Lipinski definition) is 3. The predicted octanol–water partition coefficient (Wildman–Crippen LogP) is 4.30. The molecular formula is C18H20F3N3O2. The van der Waals surface area contributed by atoms with Crippen LogP contribution < -0.4 is 20.5 Å². The summed E-state index contributed by atoms with van der Waals surface area (Å²) in [6, 6.07) is 12.7. The summed E-state index contributed by atoms with van der Waals surface area (Å²) in [4.78, 5) is 4.19. The Kier molecular flexibility index (Phi) is 6.32. The average Bonchev–Trinajstić information content (AvgIpc) is 2.54. The highest BCUT2D eigenvalue weighted by Gasteiger charge is 2.30. The van der Waals surface area contributed by atoms with Gasteiger partial charge in [0.05, 0.1) is 12.6 Å². The molecule has 0 heterocycles. The molecule has 0 aliphatic heterocycles. The average molecular weight is 367 g/mol. The molecule has 2 rings (SSSR count). The van der Waals surface area contributed by atoms with Crippen LogP contribution in [0.25, 0.3) is 0 Å². The highest BCUT2D eigenvalue weighted by atomic mass is 19.4. The fourth-order valence-electron chi connectivity index (χ4n) is 2.05. The molecule has 0 aliphatic carbocycles. The molecule has 0 aliphatic rings. The molecule has 26 heavy (non-hydrogen) atoms. The van der Waals surface area contributed by atoms with E-state index in [0.717, 1.165) is 11.3 Å². The first-order valence-corrected chi connectivity index (χ1v) is 7.89. The molecule has 140 valence electrons. The zero-order valence-electron chi connectivity index (χ0n) is 14.4. The Balaban J connectivity index is 1.89. The summed E-state index contributed by atoms with van der Waals surface area (Å²) in [5.41, 5.74) is 7.24. The van der Waals surface area contributed by atoms with Gasteiger partial charge in [-0.15, -0.1) is 13.2 Å². The maximum Gasteiger partial charge on any atom is 0.573 e. The topological polar surface area (TPSA) is 68.9 Å². The fraction of sp³-hybridized carbons (Fsp3) is 0.278. The summed E-state index contributed by atoms with van der Waals surface area (Å²) >= 11 is 0. The third-order valence-electron chi connectivity index (χ3n) is 3.09. The van der Waals surface area contributed by atoms with Crippen LogP contribution in [-0.2, 0) is 6.54 Å². The van der Waals surface area contributed by atoms with Crippen LogP contribution in [0.15, 0.2) is 53.5 Å². The fourth-order valence-corrected chi connectivity index (χ4v) is 2.05. The molecule has 0 bridgehead atoms. The highest BCUT2D eigenvalue weighted by molar-refractivity contribution is 5.92. The van der Waals surface area contributed by atoms with E-state index in [1.807, 2.05) is 38.1 Å². The summed E-state index contributed by atoms with van der Waals surface area (Å²) in [7, 11) is 0. The molecule has 0 unspecified atom stereocenters. The van der Waals surface area contributed by atoms with Crippen LogP contribution in [0.5, 0.6) is 11.5 Å². The van der Waals surface area contributed by atoms with Crippen molar-refractivity contribution < 1.29 is 22.6 Å². The van der Waals surface area contributed by atoms with Crippen LogP contribution in [0.3, 0.4) is 0 Å². The van der Waals surface area contributed by atoms with Gasteiger partial charge in [-0.3, -0.25) is 0 Å². The molecule has 2 aromatic rings. The first-order chi connectivity index (χ1) is 12.2. The number of aliphatic imine (C=N–C) groups is 1. The van der Waals surface area contributed by atoms with Gasteiger partial charge in [0, 0.05) is 5.69 Å². The van der Waals surface area contributed by atoms with E-state index in [9.17, 15) is 13.2 Å². The van der Waals surface area contributed by atoms with Crippen molar-refractivity contribution in [1.29, 1.82) is 0 Å². The second-order valence-electron chi connectivity index (χ2n) is 5.71. The number of nitrogens with two attached hydrogens (primary N) is 1. The summed E-state index contributed by atoms with van der Waals surface area (Å²) in [5, 5.41) is 2.81. The van der Waals surface area contributed by atoms with Crippen molar-refractivity contribution in [2.45, 2.75) is 32.9 Å². The number of anilines is 1. The van der Waals surface area contributed by atoms with E-state index in [0.29, 0.717) is 12.2 Å². The number of nitrogens with one attached hydrogen (secondary N) is 1. The summed E-state index contributed by atoms with van der Waals surface area (Å²) in [5.74, 6) is 0.624. The highest BCUT2D eigenvalue weighted by Crippen LogP contribution is 2.23. The van der Waals surface area contributed by atoms with Crippen molar-refractivity contribution in [2.75, 3.05) is 5.32 Å². The van der Waals surface area contributed by atoms with Crippen LogP contribution >= 0.6 is 0 Å². The van der Waals surface area contributed by atoms with Crippen LogP contribution in [0, 0.1) is 0 Å². The van der Waals surface area contributed by atoms with Gasteiger partial charge in [0.1, 0.15) is 11.5 Å². The van der Waals surface area contributed by atoms with Crippen molar-refractivity contribution in [3.8, 4) is 11.5 Å². The molecule has 0 saturated carbocycles. The van der Waals surface area contributed by atoms with E-state index < -0.39 is 6.36 Å². The molecule has 5 nitrogen and oxygen atoms in total. The zero-order chi connectivity index (χ0) is 19.2. The van der Waals surface area contributed by atoms with E-state index in [-0.39, 0.29) is 17.8 Å². The maximum absolute atomic E-state index is 12.1. The normalized spacial score (nSPS) is 12.2. The Hall–Kier alpha value is -2.90. The van der Waals surface area contributed by atoms with Gasteiger partial charge in [-0.1, -0.05) is 12.1 Å². The minimum atomic E-state index is -4.72. The molecule has 0 saturated heterocycles. The molecule has 0 atom stereocenters. The first-order valence-electron chi connectivity index (χ1n) is 7.89. The van der Waals surface area contributed by atoms with Crippen molar-refractivity contribution in [3.63, 3.8) is 0 Å². The van der Waals surface area contributed by atoms with Gasteiger partial charge in [-0.05, 0) is 55.8 Å². The van der Waals surface area contributed by atoms with Gasteiger partial charge in [-0.2, -0.15) is 0 Å². The number of benzene rings is 2. The second-order valence-corrected chi connectivity index (χ2v) is 5.71. The number of alkyl halides is 3. The van der Waals surface area contributed by atoms with Gasteiger partial charge in [-0.25, -0.2) is 4.99 Å². The van der Waals surface area contributed by atoms with Gasteiger partial charge in [0.15, 0.2) is 5.96 Å². The van der Waals surface area contributed by atoms with Gasteiger partial charge in [0.2, 0.25) is 0 Å². The van der Waals surface area contributed by atoms with Crippen LogP contribution in [0.4, 0.5) is 18.9 Å². The molecular weight excluding hydrogens is 347 g/mol. The lowest BCUT2D eigenvalue weighted by molar-refractivity contribution is -0.274. The molecule has 8 heteroatoms. The predicted molar refractivity (Wildman–Crippen MR) is 94.3 cm³/mol. The van der Waals surface area contributed by atoms with E-state index in [2.05, 4.69) is 15.0 Å². The minimum Gasteiger partial charge on any atom is -0.491 e. The Morgan fingerprint density at radius 2 is 1.62 bits per heavy atom. The molecule has 0 fully saturated rings. The van der Waals surface area contributed by atoms with Crippen molar-refractivity contribution in [2.24, 2.45) is 10.7 Å². The lowest BCUT2D eigenvalue weighted by Gasteiger charge is -2.10. The summed E-state index contributed by atoms with van der Waals surface area (Å²) in [6.07, 6.45) is -4.61. The number of hydrogen-bond donors (Lipinski definition) is 2. The lowest BCUT2D eigenvalue weighted by Crippen LogP contribution is -2.22. The monoisotopic (exact) mass is 367 g/mol. The SMILES string of the molecule is CC(C)Oc1ccc(CN=C(N)Nc2ccc(OC(F)(F)F)cc2)cc1. The molecule has 0 amide bonds. The van der Waals surface area contributed by atoms with Crippen molar-refractivity contribution in [1.82, 2.24) is 0 Å². The summed E-state index contributed by atoms with van der Waals surface area (Å²) < 4.78 is 45.7. The summed E-state index contributed by atoms with van der Waals surface area (Å²) in [6.45, 7) is 4.26. The number of ether oxygens (including phenoxy) is 2. The number of rotatable bonds is 6. The van der Waals surface area contributed by atoms with E-state index >= 15 is 0 Å². The largest absolute Gasteiger partial charge is 0.573 e. The van der Waals surface area contributed by atoms with E-state index in [4.69, 9.17) is 10.5 Å². The third kappa shape index (κ3) is 6.92. The second kappa shape index (κ2) is 8.46. The van der Waals surface area contributed by atoms with E-state index in [1.54, 1.807) is 0 Å². The van der Waals surface area contributed by atoms with Crippen LogP contribution in [0.2, 0.25) is 0 Å². The number of nitrogens with zero attached hydrogens (tertiary/aromatic N) is 1. The molecule has 2 aromatic carbocycles. The standard InChI is InChI=1S/C18H20F3N3O2/c1-12(2)25-15-7-3-13(4-8-15)11-23-17(22)24-14-5-9-16(10-6-14)26-18(19,20)21/h3-10,12H,11H2,1-2H3,(H3,22,23,24). The van der Waals surface area contributed by atoms with Gasteiger partial charge in [0.25, 0.3) is 0 Å². The zero-order valence-corrected chi connectivity index (χ0v) is 14.4.